The SMILES string of the molecule is CCOC(=O)C(C)(CCOc1ccccc1CO)NC. The zero-order valence-electron chi connectivity index (χ0n) is 12.3. The number of carbonyl (C=O) groups excluding carboxylic acids is 1. The van der Waals surface area contributed by atoms with Crippen LogP contribution >= 0.6 is 0 Å². The van der Waals surface area contributed by atoms with E-state index in [1.165, 1.54) is 0 Å². The van der Waals surface area contributed by atoms with E-state index < -0.39 is 5.54 Å². The number of esters is 1. The van der Waals surface area contributed by atoms with Gasteiger partial charge in [-0.2, -0.15) is 0 Å². The third kappa shape index (κ3) is 4.21. The van der Waals surface area contributed by atoms with Crippen molar-refractivity contribution in [1.82, 2.24) is 5.32 Å². The maximum Gasteiger partial charge on any atom is 0.326 e. The molecule has 1 aromatic carbocycles. The van der Waals surface area contributed by atoms with Crippen molar-refractivity contribution in [1.29, 1.82) is 0 Å². The second kappa shape index (κ2) is 7.87. The van der Waals surface area contributed by atoms with Gasteiger partial charge in [0.2, 0.25) is 0 Å². The summed E-state index contributed by atoms with van der Waals surface area (Å²) in [6.07, 6.45) is 0.474. The fraction of sp³-hybridized carbons (Fsp3) is 0.533. The lowest BCUT2D eigenvalue weighted by Gasteiger charge is -2.26. The number of carbonyl (C=O) groups is 1. The molecule has 0 aliphatic heterocycles. The molecule has 5 nitrogen and oxygen atoms in total. The number of aliphatic hydroxyl groups is 1. The molecule has 2 N–H and O–H groups in total. The first-order valence-corrected chi connectivity index (χ1v) is 6.75. The summed E-state index contributed by atoms with van der Waals surface area (Å²) >= 11 is 0. The van der Waals surface area contributed by atoms with Crippen LogP contribution in [0.25, 0.3) is 0 Å². The first kappa shape index (κ1) is 16.5. The molecular formula is C15H23NO4. The molecule has 0 saturated heterocycles. The van der Waals surface area contributed by atoms with Crippen LogP contribution in [0.4, 0.5) is 0 Å². The van der Waals surface area contributed by atoms with Crippen LogP contribution in [0.15, 0.2) is 24.3 Å². The van der Waals surface area contributed by atoms with Gasteiger partial charge in [0.25, 0.3) is 0 Å². The van der Waals surface area contributed by atoms with E-state index in [0.29, 0.717) is 25.4 Å². The Hall–Kier alpha value is -1.59. The second-order valence-corrected chi connectivity index (χ2v) is 4.67. The molecule has 0 amide bonds. The average Bonchev–Trinajstić information content (AvgIpc) is 2.47. The Morgan fingerprint density at radius 2 is 2.10 bits per heavy atom. The van der Waals surface area contributed by atoms with Gasteiger partial charge in [0.1, 0.15) is 11.3 Å². The Balaban J connectivity index is 2.59. The lowest BCUT2D eigenvalue weighted by molar-refractivity contribution is -0.150. The van der Waals surface area contributed by atoms with Crippen molar-refractivity contribution in [2.24, 2.45) is 0 Å². The van der Waals surface area contributed by atoms with Gasteiger partial charge in [-0.25, -0.2) is 0 Å². The van der Waals surface area contributed by atoms with Gasteiger partial charge < -0.3 is 19.9 Å². The molecule has 0 saturated carbocycles. The highest BCUT2D eigenvalue weighted by molar-refractivity contribution is 5.80. The second-order valence-electron chi connectivity index (χ2n) is 4.67. The smallest absolute Gasteiger partial charge is 0.326 e. The number of hydrogen-bond acceptors (Lipinski definition) is 5. The van der Waals surface area contributed by atoms with Gasteiger partial charge in [-0.1, -0.05) is 18.2 Å². The molecule has 0 spiro atoms. The highest BCUT2D eigenvalue weighted by atomic mass is 16.5. The summed E-state index contributed by atoms with van der Waals surface area (Å²) in [5, 5.41) is 12.2. The largest absolute Gasteiger partial charge is 0.493 e. The van der Waals surface area contributed by atoms with Gasteiger partial charge in [0.15, 0.2) is 0 Å². The molecule has 0 aromatic heterocycles. The van der Waals surface area contributed by atoms with Gasteiger partial charge in [0.05, 0.1) is 19.8 Å². The van der Waals surface area contributed by atoms with Crippen LogP contribution in [0, 0.1) is 0 Å². The van der Waals surface area contributed by atoms with Crippen LogP contribution in [-0.4, -0.2) is 36.9 Å². The fourth-order valence-electron chi connectivity index (χ4n) is 1.76. The van der Waals surface area contributed by atoms with Gasteiger partial charge in [-0.3, -0.25) is 4.79 Å². The maximum absolute atomic E-state index is 11.9. The molecule has 0 aliphatic rings. The molecule has 20 heavy (non-hydrogen) atoms. The predicted octanol–water partition coefficient (Wildman–Crippen LogP) is 1.49. The van der Waals surface area contributed by atoms with E-state index in [9.17, 15) is 9.90 Å². The Morgan fingerprint density at radius 1 is 1.40 bits per heavy atom. The summed E-state index contributed by atoms with van der Waals surface area (Å²) in [5.74, 6) is 0.346. The summed E-state index contributed by atoms with van der Waals surface area (Å²) < 4.78 is 10.7. The van der Waals surface area contributed by atoms with Crippen molar-refractivity contribution < 1.29 is 19.4 Å². The molecule has 112 valence electrons. The maximum atomic E-state index is 11.9. The van der Waals surface area contributed by atoms with E-state index in [4.69, 9.17) is 9.47 Å². The standard InChI is InChI=1S/C15H23NO4/c1-4-19-14(18)15(2,16-3)9-10-20-13-8-6-5-7-12(13)11-17/h5-8,16-17H,4,9-11H2,1-3H3. The van der Waals surface area contributed by atoms with Crippen LogP contribution in [0.5, 0.6) is 5.75 Å². The molecule has 0 aliphatic carbocycles. The minimum Gasteiger partial charge on any atom is -0.493 e. The molecule has 1 atom stereocenters. The zero-order chi connectivity index (χ0) is 15.0. The van der Waals surface area contributed by atoms with E-state index in [1.54, 1.807) is 33.0 Å². The first-order valence-electron chi connectivity index (χ1n) is 6.75. The van der Waals surface area contributed by atoms with Crippen molar-refractivity contribution in [2.75, 3.05) is 20.3 Å². The topological polar surface area (TPSA) is 67.8 Å². The van der Waals surface area contributed by atoms with Crippen molar-refractivity contribution in [2.45, 2.75) is 32.4 Å². The summed E-state index contributed by atoms with van der Waals surface area (Å²) in [5.41, 5.74) is -0.0424. The number of hydrogen-bond donors (Lipinski definition) is 2. The van der Waals surface area contributed by atoms with Crippen molar-refractivity contribution in [3.05, 3.63) is 29.8 Å². The molecule has 0 fully saturated rings. The number of para-hydroxylation sites is 1. The molecule has 5 heteroatoms. The van der Waals surface area contributed by atoms with Crippen LogP contribution < -0.4 is 10.1 Å². The van der Waals surface area contributed by atoms with Gasteiger partial charge in [-0.05, 0) is 27.0 Å². The molecule has 1 unspecified atom stereocenters. The zero-order valence-corrected chi connectivity index (χ0v) is 12.3. The van der Waals surface area contributed by atoms with Crippen LogP contribution in [0.2, 0.25) is 0 Å². The Kier molecular flexibility index (Phi) is 6.48. The lowest BCUT2D eigenvalue weighted by Crippen LogP contribution is -2.49. The van der Waals surface area contributed by atoms with E-state index in [1.807, 2.05) is 12.1 Å². The lowest BCUT2D eigenvalue weighted by atomic mass is 9.99. The average molecular weight is 281 g/mol. The molecule has 0 radical (unpaired) electrons. The normalized spacial score (nSPS) is 13.6. The minimum atomic E-state index is -0.774. The van der Waals surface area contributed by atoms with Crippen LogP contribution in [0.1, 0.15) is 25.8 Å². The number of ether oxygens (including phenoxy) is 2. The first-order chi connectivity index (χ1) is 9.57. The summed E-state index contributed by atoms with van der Waals surface area (Å²) in [4.78, 5) is 11.9. The molecule has 1 rings (SSSR count). The van der Waals surface area contributed by atoms with Crippen molar-refractivity contribution >= 4 is 5.97 Å². The van der Waals surface area contributed by atoms with E-state index in [2.05, 4.69) is 5.32 Å². The quantitative estimate of drug-likeness (QED) is 0.707. The molecule has 0 bridgehead atoms. The highest BCUT2D eigenvalue weighted by Crippen LogP contribution is 2.19. The third-order valence-electron chi connectivity index (χ3n) is 3.28. The Labute approximate surface area is 119 Å². The number of likely N-dealkylation sites (N-methyl/N-ethyl adjacent to an activating group) is 1. The Morgan fingerprint density at radius 3 is 2.70 bits per heavy atom. The monoisotopic (exact) mass is 281 g/mol. The number of nitrogens with one attached hydrogen (secondary N) is 1. The van der Waals surface area contributed by atoms with Crippen LogP contribution in [0.3, 0.4) is 0 Å². The van der Waals surface area contributed by atoms with Gasteiger partial charge in [0, 0.05) is 12.0 Å². The Bertz CT molecular complexity index is 436. The van der Waals surface area contributed by atoms with Gasteiger partial charge in [-0.15, -0.1) is 0 Å². The number of rotatable bonds is 8. The fourth-order valence-corrected chi connectivity index (χ4v) is 1.76. The summed E-state index contributed by atoms with van der Waals surface area (Å²) in [6.45, 7) is 4.20. The van der Waals surface area contributed by atoms with Crippen molar-refractivity contribution in [3.63, 3.8) is 0 Å². The van der Waals surface area contributed by atoms with Gasteiger partial charge >= 0.3 is 5.97 Å². The van der Waals surface area contributed by atoms with Crippen molar-refractivity contribution in [3.8, 4) is 5.75 Å². The van der Waals surface area contributed by atoms with E-state index in [-0.39, 0.29) is 12.6 Å². The minimum absolute atomic E-state index is 0.0721. The molecule has 0 heterocycles. The van der Waals surface area contributed by atoms with E-state index >= 15 is 0 Å². The predicted molar refractivity (Wildman–Crippen MR) is 76.6 cm³/mol. The number of benzene rings is 1. The summed E-state index contributed by atoms with van der Waals surface area (Å²) in [6, 6.07) is 7.29. The summed E-state index contributed by atoms with van der Waals surface area (Å²) in [7, 11) is 1.72. The third-order valence-corrected chi connectivity index (χ3v) is 3.28. The number of aliphatic hydroxyl groups excluding tert-OH is 1. The molecular weight excluding hydrogens is 258 g/mol. The molecule has 1 aromatic rings. The highest BCUT2D eigenvalue weighted by Gasteiger charge is 2.32. The van der Waals surface area contributed by atoms with E-state index in [0.717, 1.165) is 5.56 Å². The van der Waals surface area contributed by atoms with Crippen LogP contribution in [-0.2, 0) is 16.1 Å².